The van der Waals surface area contributed by atoms with Crippen LogP contribution in [0.2, 0.25) is 0 Å². The number of nitrogens with one attached hydrogen (secondary N) is 1. The third-order valence-electron chi connectivity index (χ3n) is 3.53. The van der Waals surface area contributed by atoms with Gasteiger partial charge in [-0.3, -0.25) is 9.69 Å². The Bertz CT molecular complexity index is 431. The SMILES string of the molecule is CCC(C)N(CC)CC(=O)Nc1ccc(C)c(N)c1. The second-order valence-electron chi connectivity index (χ2n) is 4.94. The number of likely N-dealkylation sites (N-methyl/N-ethyl adjacent to an activating group) is 1. The lowest BCUT2D eigenvalue weighted by atomic mass is 10.2. The molecule has 0 aliphatic heterocycles. The van der Waals surface area contributed by atoms with Gasteiger partial charge in [-0.2, -0.15) is 0 Å². The Labute approximate surface area is 116 Å². The van der Waals surface area contributed by atoms with Crippen LogP contribution < -0.4 is 11.1 Å². The van der Waals surface area contributed by atoms with Crippen LogP contribution in [0, 0.1) is 6.92 Å². The van der Waals surface area contributed by atoms with Crippen LogP contribution in [0.1, 0.15) is 32.8 Å². The van der Waals surface area contributed by atoms with Gasteiger partial charge >= 0.3 is 0 Å². The summed E-state index contributed by atoms with van der Waals surface area (Å²) in [6.07, 6.45) is 1.04. The molecule has 0 aliphatic rings. The van der Waals surface area contributed by atoms with Gasteiger partial charge in [0.1, 0.15) is 0 Å². The third kappa shape index (κ3) is 4.56. The number of nitrogens with two attached hydrogens (primary N) is 1. The molecule has 0 bridgehead atoms. The van der Waals surface area contributed by atoms with Crippen molar-refractivity contribution < 1.29 is 4.79 Å². The number of carbonyl (C=O) groups excluding carboxylic acids is 1. The Balaban J connectivity index is 2.61. The molecule has 0 radical (unpaired) electrons. The van der Waals surface area contributed by atoms with Gasteiger partial charge in [-0.05, 0) is 44.5 Å². The van der Waals surface area contributed by atoms with Gasteiger partial charge in [0.2, 0.25) is 5.91 Å². The molecule has 3 N–H and O–H groups in total. The van der Waals surface area contributed by atoms with Crippen molar-refractivity contribution in [2.45, 2.75) is 40.2 Å². The summed E-state index contributed by atoms with van der Waals surface area (Å²) in [6, 6.07) is 6.01. The molecular weight excluding hydrogens is 238 g/mol. The second-order valence-corrected chi connectivity index (χ2v) is 4.94. The Morgan fingerprint density at radius 1 is 1.42 bits per heavy atom. The monoisotopic (exact) mass is 263 g/mol. The molecule has 0 aliphatic carbocycles. The number of rotatable bonds is 6. The van der Waals surface area contributed by atoms with Crippen molar-refractivity contribution in [1.82, 2.24) is 4.90 Å². The van der Waals surface area contributed by atoms with Crippen LogP contribution in [0.4, 0.5) is 11.4 Å². The predicted molar refractivity (Wildman–Crippen MR) is 81.2 cm³/mol. The summed E-state index contributed by atoms with van der Waals surface area (Å²) in [4.78, 5) is 14.2. The first-order valence-corrected chi connectivity index (χ1v) is 6.87. The van der Waals surface area contributed by atoms with E-state index in [-0.39, 0.29) is 5.91 Å². The maximum absolute atomic E-state index is 12.0. The highest BCUT2D eigenvalue weighted by atomic mass is 16.2. The van der Waals surface area contributed by atoms with E-state index in [0.29, 0.717) is 18.3 Å². The maximum atomic E-state index is 12.0. The zero-order valence-corrected chi connectivity index (χ0v) is 12.4. The summed E-state index contributed by atoms with van der Waals surface area (Å²) in [5.41, 5.74) is 8.31. The average Bonchev–Trinajstić information content (AvgIpc) is 2.39. The van der Waals surface area contributed by atoms with Crippen LogP contribution in [0.5, 0.6) is 0 Å². The number of amides is 1. The zero-order chi connectivity index (χ0) is 14.4. The molecule has 0 saturated carbocycles. The largest absolute Gasteiger partial charge is 0.398 e. The molecule has 1 aromatic carbocycles. The van der Waals surface area contributed by atoms with Gasteiger partial charge in [0.25, 0.3) is 0 Å². The second kappa shape index (κ2) is 7.14. The van der Waals surface area contributed by atoms with Crippen molar-refractivity contribution in [2.75, 3.05) is 24.1 Å². The molecule has 4 nitrogen and oxygen atoms in total. The minimum absolute atomic E-state index is 0.00500. The number of hydrogen-bond donors (Lipinski definition) is 2. The van der Waals surface area contributed by atoms with E-state index in [4.69, 9.17) is 5.73 Å². The first-order chi connectivity index (χ1) is 8.97. The van der Waals surface area contributed by atoms with Crippen LogP contribution in [0.15, 0.2) is 18.2 Å². The standard InChI is InChI=1S/C15H25N3O/c1-5-12(4)18(6-2)10-15(19)17-13-8-7-11(3)14(16)9-13/h7-9,12H,5-6,10,16H2,1-4H3,(H,17,19). The van der Waals surface area contributed by atoms with Crippen LogP contribution in [0.3, 0.4) is 0 Å². The van der Waals surface area contributed by atoms with Crippen molar-refractivity contribution in [2.24, 2.45) is 0 Å². The van der Waals surface area contributed by atoms with Crippen LogP contribution >= 0.6 is 0 Å². The van der Waals surface area contributed by atoms with Crippen molar-refractivity contribution in [3.05, 3.63) is 23.8 Å². The number of nitrogen functional groups attached to an aromatic ring is 1. The molecule has 106 valence electrons. The van der Waals surface area contributed by atoms with E-state index in [1.165, 1.54) is 0 Å². The first-order valence-electron chi connectivity index (χ1n) is 6.87. The van der Waals surface area contributed by atoms with Gasteiger partial charge in [0, 0.05) is 17.4 Å². The number of carbonyl (C=O) groups is 1. The van der Waals surface area contributed by atoms with Gasteiger partial charge in [-0.15, -0.1) is 0 Å². The number of anilines is 2. The first kappa shape index (κ1) is 15.5. The molecule has 19 heavy (non-hydrogen) atoms. The third-order valence-corrected chi connectivity index (χ3v) is 3.53. The molecule has 0 saturated heterocycles. The fraction of sp³-hybridized carbons (Fsp3) is 0.533. The molecule has 1 unspecified atom stereocenters. The molecule has 1 amide bonds. The molecule has 0 aromatic heterocycles. The van der Waals surface area contributed by atoms with Crippen molar-refractivity contribution in [1.29, 1.82) is 0 Å². The normalized spacial score (nSPS) is 12.5. The Kier molecular flexibility index (Phi) is 5.83. The van der Waals surface area contributed by atoms with Crippen molar-refractivity contribution in [3.8, 4) is 0 Å². The predicted octanol–water partition coefficient (Wildman–Crippen LogP) is 2.64. The topological polar surface area (TPSA) is 58.4 Å². The zero-order valence-electron chi connectivity index (χ0n) is 12.4. The summed E-state index contributed by atoms with van der Waals surface area (Å²) < 4.78 is 0. The maximum Gasteiger partial charge on any atom is 0.238 e. The summed E-state index contributed by atoms with van der Waals surface area (Å²) in [7, 11) is 0. The quantitative estimate of drug-likeness (QED) is 0.776. The number of aryl methyl sites for hydroxylation is 1. The Morgan fingerprint density at radius 2 is 2.11 bits per heavy atom. The summed E-state index contributed by atoms with van der Waals surface area (Å²) in [5.74, 6) is 0.00500. The molecule has 0 fully saturated rings. The van der Waals surface area contributed by atoms with E-state index in [9.17, 15) is 4.79 Å². The Hall–Kier alpha value is -1.55. The molecule has 4 heteroatoms. The average molecular weight is 263 g/mol. The highest BCUT2D eigenvalue weighted by Crippen LogP contribution is 2.16. The fourth-order valence-corrected chi connectivity index (χ4v) is 1.94. The van der Waals surface area contributed by atoms with Gasteiger partial charge < -0.3 is 11.1 Å². The highest BCUT2D eigenvalue weighted by molar-refractivity contribution is 5.92. The van der Waals surface area contributed by atoms with Gasteiger partial charge in [0.05, 0.1) is 6.54 Å². The summed E-state index contributed by atoms with van der Waals surface area (Å²) >= 11 is 0. The molecule has 0 spiro atoms. The van der Waals surface area contributed by atoms with Gasteiger partial charge in [-0.25, -0.2) is 0 Å². The van der Waals surface area contributed by atoms with E-state index in [0.717, 1.165) is 24.2 Å². The lowest BCUT2D eigenvalue weighted by molar-refractivity contribution is -0.117. The summed E-state index contributed by atoms with van der Waals surface area (Å²) in [5, 5.41) is 2.89. The van der Waals surface area contributed by atoms with E-state index in [2.05, 4.69) is 31.0 Å². The lowest BCUT2D eigenvalue weighted by Crippen LogP contribution is -2.39. The van der Waals surface area contributed by atoms with E-state index < -0.39 is 0 Å². The van der Waals surface area contributed by atoms with Crippen LogP contribution in [-0.4, -0.2) is 29.9 Å². The molecule has 1 rings (SSSR count). The van der Waals surface area contributed by atoms with Gasteiger partial charge in [0.15, 0.2) is 0 Å². The molecule has 1 atom stereocenters. The minimum atomic E-state index is 0.00500. The molecular formula is C15H25N3O. The number of hydrogen-bond acceptors (Lipinski definition) is 3. The number of benzene rings is 1. The van der Waals surface area contributed by atoms with E-state index >= 15 is 0 Å². The van der Waals surface area contributed by atoms with E-state index in [1.807, 2.05) is 19.1 Å². The molecule has 0 heterocycles. The van der Waals surface area contributed by atoms with Crippen LogP contribution in [-0.2, 0) is 4.79 Å². The van der Waals surface area contributed by atoms with Crippen molar-refractivity contribution in [3.63, 3.8) is 0 Å². The summed E-state index contributed by atoms with van der Waals surface area (Å²) in [6.45, 7) is 9.58. The Morgan fingerprint density at radius 3 is 2.63 bits per heavy atom. The minimum Gasteiger partial charge on any atom is -0.398 e. The van der Waals surface area contributed by atoms with Crippen LogP contribution in [0.25, 0.3) is 0 Å². The smallest absolute Gasteiger partial charge is 0.238 e. The van der Waals surface area contributed by atoms with E-state index in [1.54, 1.807) is 6.07 Å². The van der Waals surface area contributed by atoms with Crippen molar-refractivity contribution >= 4 is 17.3 Å². The number of nitrogens with zero attached hydrogens (tertiary/aromatic N) is 1. The lowest BCUT2D eigenvalue weighted by Gasteiger charge is -2.26. The highest BCUT2D eigenvalue weighted by Gasteiger charge is 2.14. The fourth-order valence-electron chi connectivity index (χ4n) is 1.94. The van der Waals surface area contributed by atoms with Gasteiger partial charge in [-0.1, -0.05) is 19.9 Å². The molecule has 1 aromatic rings.